The third-order valence-electron chi connectivity index (χ3n) is 4.53. The van der Waals surface area contributed by atoms with Crippen LogP contribution in [0.25, 0.3) is 12.2 Å². The van der Waals surface area contributed by atoms with Gasteiger partial charge in [0.2, 0.25) is 0 Å². The van der Waals surface area contributed by atoms with Crippen LogP contribution in [0, 0.1) is 0 Å². The second-order valence-corrected chi connectivity index (χ2v) is 6.46. The largest absolute Gasteiger partial charge is 0.369 e. The number of allylic oxidation sites excluding steroid dienone is 1. The van der Waals surface area contributed by atoms with Gasteiger partial charge >= 0.3 is 0 Å². The highest BCUT2D eigenvalue weighted by Gasteiger charge is 2.10. The average Bonchev–Trinajstić information content (AvgIpc) is 2.77. The Kier molecular flexibility index (Phi) is 8.61. The summed E-state index contributed by atoms with van der Waals surface area (Å²) >= 11 is 0. The van der Waals surface area contributed by atoms with Crippen LogP contribution in [0.1, 0.15) is 21.5 Å². The van der Waals surface area contributed by atoms with Crippen molar-refractivity contribution in [3.63, 3.8) is 0 Å². The number of hydrogen-bond donors (Lipinski definition) is 3. The molecule has 0 aliphatic carbocycles. The molecule has 3 N–H and O–H groups in total. The lowest BCUT2D eigenvalue weighted by Crippen LogP contribution is -2.43. The lowest BCUT2D eigenvalue weighted by Gasteiger charge is -2.29. The first-order valence-electron chi connectivity index (χ1n) is 9.16. The Morgan fingerprint density at radius 3 is 2.00 bits per heavy atom. The van der Waals surface area contributed by atoms with Gasteiger partial charge in [-0.05, 0) is 47.5 Å². The van der Waals surface area contributed by atoms with Crippen molar-refractivity contribution >= 4 is 41.9 Å². The molecule has 29 heavy (non-hydrogen) atoms. The second-order valence-electron chi connectivity index (χ2n) is 6.46. The van der Waals surface area contributed by atoms with E-state index in [1.807, 2.05) is 48.5 Å². The molecule has 1 aliphatic heterocycles. The molecule has 1 fully saturated rings. The van der Waals surface area contributed by atoms with Crippen LogP contribution in [-0.4, -0.2) is 43.1 Å². The minimum Gasteiger partial charge on any atom is -0.369 e. The second kappa shape index (κ2) is 11.2. The molecule has 6 nitrogen and oxygen atoms in total. The number of amides is 1. The predicted molar refractivity (Wildman–Crippen MR) is 118 cm³/mol. The maximum atomic E-state index is 12.4. The van der Waals surface area contributed by atoms with Crippen LogP contribution in [0.4, 0.5) is 5.69 Å². The molecule has 0 unspecified atom stereocenters. The zero-order chi connectivity index (χ0) is 19.8. The number of nitrogens with one attached hydrogen (secondary N) is 2. The highest BCUT2D eigenvalue weighted by Crippen LogP contribution is 2.17. The SMILES string of the molecule is Cl.O=C(/C=C/c1ccc(/C=C/C(=O)c2ccc(N3CCNCC3)cc2)cc1)NO. The molecule has 0 atom stereocenters. The zero-order valence-corrected chi connectivity index (χ0v) is 16.7. The van der Waals surface area contributed by atoms with Crippen LogP contribution in [0.2, 0.25) is 0 Å². The van der Waals surface area contributed by atoms with Gasteiger partial charge in [-0.2, -0.15) is 0 Å². The molecule has 1 amide bonds. The molecule has 0 radical (unpaired) electrons. The molecule has 2 aromatic carbocycles. The van der Waals surface area contributed by atoms with Crippen molar-refractivity contribution in [2.45, 2.75) is 0 Å². The predicted octanol–water partition coefficient (Wildman–Crippen LogP) is 2.93. The minimum atomic E-state index is -0.586. The fourth-order valence-corrected chi connectivity index (χ4v) is 2.96. The number of carbonyl (C=O) groups excluding carboxylic acids is 2. The molecule has 7 heteroatoms. The van der Waals surface area contributed by atoms with E-state index >= 15 is 0 Å². The van der Waals surface area contributed by atoms with Gasteiger partial charge in [-0.1, -0.05) is 30.3 Å². The van der Waals surface area contributed by atoms with E-state index < -0.39 is 5.91 Å². The molecule has 1 saturated heterocycles. The smallest absolute Gasteiger partial charge is 0.267 e. The molecule has 0 saturated carbocycles. The van der Waals surface area contributed by atoms with Crippen LogP contribution in [-0.2, 0) is 4.79 Å². The van der Waals surface area contributed by atoms with Crippen molar-refractivity contribution in [3.8, 4) is 0 Å². The van der Waals surface area contributed by atoms with Gasteiger partial charge in [-0.3, -0.25) is 14.8 Å². The summed E-state index contributed by atoms with van der Waals surface area (Å²) in [5.41, 5.74) is 5.03. The third kappa shape index (κ3) is 6.57. The summed E-state index contributed by atoms with van der Waals surface area (Å²) in [6.07, 6.45) is 6.15. The molecule has 1 aliphatic rings. The summed E-state index contributed by atoms with van der Waals surface area (Å²) in [4.78, 5) is 25.7. The van der Waals surface area contributed by atoms with Gasteiger partial charge in [0.15, 0.2) is 5.78 Å². The van der Waals surface area contributed by atoms with Crippen LogP contribution in [0.15, 0.2) is 60.7 Å². The number of ketones is 1. The molecule has 1 heterocycles. The van der Waals surface area contributed by atoms with E-state index in [-0.39, 0.29) is 18.2 Å². The van der Waals surface area contributed by atoms with Crippen LogP contribution in [0.3, 0.4) is 0 Å². The summed E-state index contributed by atoms with van der Waals surface area (Å²) in [6.45, 7) is 3.91. The maximum absolute atomic E-state index is 12.4. The van der Waals surface area contributed by atoms with E-state index in [0.29, 0.717) is 5.56 Å². The number of benzene rings is 2. The lowest BCUT2D eigenvalue weighted by atomic mass is 10.1. The van der Waals surface area contributed by atoms with Crippen molar-refractivity contribution in [2.24, 2.45) is 0 Å². The van der Waals surface area contributed by atoms with E-state index in [1.165, 1.54) is 11.6 Å². The van der Waals surface area contributed by atoms with Crippen molar-refractivity contribution in [2.75, 3.05) is 31.1 Å². The first-order chi connectivity index (χ1) is 13.7. The highest BCUT2D eigenvalue weighted by atomic mass is 35.5. The van der Waals surface area contributed by atoms with Gasteiger partial charge < -0.3 is 10.2 Å². The minimum absolute atomic E-state index is 0. The van der Waals surface area contributed by atoms with Gasteiger partial charge in [0.05, 0.1) is 0 Å². The quantitative estimate of drug-likeness (QED) is 0.293. The number of nitrogens with zero attached hydrogens (tertiary/aromatic N) is 1. The van der Waals surface area contributed by atoms with Gasteiger partial charge in [-0.15, -0.1) is 12.4 Å². The van der Waals surface area contributed by atoms with Crippen LogP contribution in [0.5, 0.6) is 0 Å². The fraction of sp³-hybridized carbons (Fsp3) is 0.182. The summed E-state index contributed by atoms with van der Waals surface area (Å²) in [5.74, 6) is -0.631. The molecule has 3 rings (SSSR count). The summed E-state index contributed by atoms with van der Waals surface area (Å²) in [7, 11) is 0. The van der Waals surface area contributed by atoms with Crippen LogP contribution < -0.4 is 15.7 Å². The Balaban J connectivity index is 0.00000300. The Labute approximate surface area is 176 Å². The molecule has 0 aromatic heterocycles. The van der Waals surface area contributed by atoms with Gasteiger partial charge in [0.1, 0.15) is 0 Å². The highest BCUT2D eigenvalue weighted by molar-refractivity contribution is 6.07. The Hall–Kier alpha value is -2.93. The molecule has 152 valence electrons. The molecule has 0 spiro atoms. The zero-order valence-electron chi connectivity index (χ0n) is 15.9. The maximum Gasteiger partial charge on any atom is 0.267 e. The summed E-state index contributed by atoms with van der Waals surface area (Å²) < 4.78 is 0. The van der Waals surface area contributed by atoms with E-state index in [1.54, 1.807) is 18.2 Å². The first kappa shape index (κ1) is 22.4. The van der Waals surface area contributed by atoms with Crippen molar-refractivity contribution in [1.29, 1.82) is 0 Å². The van der Waals surface area contributed by atoms with E-state index in [4.69, 9.17) is 5.21 Å². The normalized spacial score (nSPS) is 14.0. The van der Waals surface area contributed by atoms with Crippen molar-refractivity contribution < 1.29 is 14.8 Å². The fourth-order valence-electron chi connectivity index (χ4n) is 2.96. The monoisotopic (exact) mass is 413 g/mol. The standard InChI is InChI=1S/C22H23N3O3.ClH/c26-21(19-7-9-20(10-8-19)25-15-13-23-14-16-25)11-5-17-1-3-18(4-2-17)6-12-22(27)24-28;/h1-12,23,28H,13-16H2,(H,24,27);1H/b11-5+,12-6+;. The van der Waals surface area contributed by atoms with Crippen LogP contribution >= 0.6 is 12.4 Å². The van der Waals surface area contributed by atoms with E-state index in [9.17, 15) is 9.59 Å². The Morgan fingerprint density at radius 2 is 1.45 bits per heavy atom. The van der Waals surface area contributed by atoms with Crippen molar-refractivity contribution in [3.05, 3.63) is 77.4 Å². The number of piperazine rings is 1. The lowest BCUT2D eigenvalue weighted by molar-refractivity contribution is -0.124. The topological polar surface area (TPSA) is 81.7 Å². The summed E-state index contributed by atoms with van der Waals surface area (Å²) in [6, 6.07) is 15.1. The summed E-state index contributed by atoms with van der Waals surface area (Å²) in [5, 5.41) is 11.8. The number of rotatable bonds is 6. The number of halogens is 1. The third-order valence-corrected chi connectivity index (χ3v) is 4.53. The number of hydrogen-bond acceptors (Lipinski definition) is 5. The Bertz CT molecular complexity index is 871. The number of anilines is 1. The first-order valence-corrected chi connectivity index (χ1v) is 9.16. The molecule has 0 bridgehead atoms. The Morgan fingerprint density at radius 1 is 0.897 bits per heavy atom. The van der Waals surface area contributed by atoms with Gasteiger partial charge in [-0.25, -0.2) is 5.48 Å². The molecule has 2 aromatic rings. The van der Waals surface area contributed by atoms with E-state index in [2.05, 4.69) is 10.2 Å². The molecular formula is C22H24ClN3O3. The van der Waals surface area contributed by atoms with Gasteiger partial charge in [0, 0.05) is 43.5 Å². The van der Waals surface area contributed by atoms with Gasteiger partial charge in [0.25, 0.3) is 5.91 Å². The number of carbonyl (C=O) groups is 2. The average molecular weight is 414 g/mol. The molecular weight excluding hydrogens is 390 g/mol. The van der Waals surface area contributed by atoms with Crippen molar-refractivity contribution in [1.82, 2.24) is 10.8 Å². The number of hydroxylamine groups is 1. The van der Waals surface area contributed by atoms with E-state index in [0.717, 1.165) is 43.0 Å².